The van der Waals surface area contributed by atoms with Gasteiger partial charge in [0.25, 0.3) is 0 Å². The molecule has 6 nitrogen and oxygen atoms in total. The van der Waals surface area contributed by atoms with E-state index >= 15 is 0 Å². The molecule has 1 atom stereocenters. The van der Waals surface area contributed by atoms with E-state index in [2.05, 4.69) is 9.98 Å². The fourth-order valence-corrected chi connectivity index (χ4v) is 3.26. The molecule has 0 spiro atoms. The Labute approximate surface area is 153 Å². The predicted octanol–water partition coefficient (Wildman–Crippen LogP) is 2.26. The van der Waals surface area contributed by atoms with Crippen LogP contribution < -0.4 is 4.90 Å². The summed E-state index contributed by atoms with van der Waals surface area (Å²) in [6.07, 6.45) is -6.56. The van der Waals surface area contributed by atoms with Gasteiger partial charge in [0.2, 0.25) is 6.35 Å². The Morgan fingerprint density at radius 1 is 1.07 bits per heavy atom. The van der Waals surface area contributed by atoms with E-state index in [9.17, 15) is 23.4 Å². The van der Waals surface area contributed by atoms with Crippen LogP contribution in [-0.2, 0) is 6.18 Å². The van der Waals surface area contributed by atoms with Crippen LogP contribution in [0.1, 0.15) is 16.8 Å². The molecule has 1 unspecified atom stereocenters. The molecule has 0 aliphatic carbocycles. The quantitative estimate of drug-likeness (QED) is 0.797. The fraction of sp³-hybridized carbons (Fsp3) is 0.333. The second-order valence-electron chi connectivity index (χ2n) is 6.58. The Bertz CT molecular complexity index is 910. The molecular formula is C18H17F3N4O2. The number of aliphatic hydroxyl groups excluding tert-OH is 2. The Morgan fingerprint density at radius 2 is 1.78 bits per heavy atom. The third kappa shape index (κ3) is 3.02. The number of aliphatic hydroxyl groups is 2. The minimum absolute atomic E-state index is 0.0157. The first-order chi connectivity index (χ1) is 12.8. The number of aryl methyl sites for hydroxylation is 1. The van der Waals surface area contributed by atoms with Gasteiger partial charge in [0.15, 0.2) is 0 Å². The summed E-state index contributed by atoms with van der Waals surface area (Å²) < 4.78 is 39.7. The normalized spacial score (nSPS) is 20.2. The molecule has 1 fully saturated rings. The molecule has 2 N–H and O–H groups in total. The van der Waals surface area contributed by atoms with Gasteiger partial charge in [0, 0.05) is 18.8 Å². The maximum Gasteiger partial charge on any atom is 0.433 e. The standard InChI is InChI=1S/C18H17F3N4O2/c1-10-4-2-3-5-13(10)25-16-12(6-7-14(22-16)18(19,20)21)15(23-17(25)27)24-8-11(26)9-24/h2-7,11,17,26-27H,8-9H2,1H3. The van der Waals surface area contributed by atoms with Gasteiger partial charge in [-0.1, -0.05) is 18.2 Å². The van der Waals surface area contributed by atoms with Crippen LogP contribution in [0.3, 0.4) is 0 Å². The van der Waals surface area contributed by atoms with Crippen molar-refractivity contribution in [3.05, 3.63) is 53.2 Å². The van der Waals surface area contributed by atoms with Crippen molar-refractivity contribution in [2.75, 3.05) is 18.0 Å². The van der Waals surface area contributed by atoms with Crippen LogP contribution in [0.5, 0.6) is 0 Å². The number of hydrogen-bond acceptors (Lipinski definition) is 6. The second-order valence-corrected chi connectivity index (χ2v) is 6.58. The van der Waals surface area contributed by atoms with Gasteiger partial charge in [0.05, 0.1) is 11.7 Å². The molecule has 2 aliphatic heterocycles. The van der Waals surface area contributed by atoms with E-state index in [0.717, 1.165) is 11.6 Å². The van der Waals surface area contributed by atoms with Gasteiger partial charge < -0.3 is 15.1 Å². The summed E-state index contributed by atoms with van der Waals surface area (Å²) in [5.41, 5.74) is 0.615. The zero-order chi connectivity index (χ0) is 19.3. The SMILES string of the molecule is Cc1ccccc1N1c2nc(C(F)(F)F)ccc2C(N2CC(O)C2)=NC1O. The maximum absolute atomic E-state index is 13.2. The van der Waals surface area contributed by atoms with Crippen LogP contribution >= 0.6 is 0 Å². The minimum atomic E-state index is -4.61. The number of benzene rings is 1. The van der Waals surface area contributed by atoms with Crippen LogP contribution in [0.4, 0.5) is 24.7 Å². The first-order valence-corrected chi connectivity index (χ1v) is 8.38. The molecule has 4 rings (SSSR count). The molecule has 2 aliphatic rings. The number of likely N-dealkylation sites (tertiary alicyclic amines) is 1. The molecule has 1 aromatic heterocycles. The Balaban J connectivity index is 1.88. The summed E-state index contributed by atoms with van der Waals surface area (Å²) in [6, 6.07) is 9.22. The van der Waals surface area contributed by atoms with Gasteiger partial charge in [-0.25, -0.2) is 9.98 Å². The van der Waals surface area contributed by atoms with Crippen LogP contribution in [0.15, 0.2) is 41.4 Å². The van der Waals surface area contributed by atoms with E-state index in [1.165, 1.54) is 11.0 Å². The monoisotopic (exact) mass is 378 g/mol. The molecule has 2 aromatic rings. The van der Waals surface area contributed by atoms with E-state index in [-0.39, 0.29) is 5.82 Å². The molecule has 0 bridgehead atoms. The fourth-order valence-electron chi connectivity index (χ4n) is 3.26. The molecule has 1 saturated heterocycles. The first-order valence-electron chi connectivity index (χ1n) is 8.38. The number of aromatic nitrogens is 1. The zero-order valence-corrected chi connectivity index (χ0v) is 14.4. The number of halogens is 3. The highest BCUT2D eigenvalue weighted by atomic mass is 19.4. The number of rotatable bonds is 1. The van der Waals surface area contributed by atoms with E-state index < -0.39 is 24.3 Å². The van der Waals surface area contributed by atoms with Gasteiger partial charge in [-0.3, -0.25) is 4.90 Å². The number of hydrogen-bond donors (Lipinski definition) is 2. The third-order valence-corrected chi connectivity index (χ3v) is 4.64. The highest BCUT2D eigenvalue weighted by molar-refractivity contribution is 6.05. The third-order valence-electron chi connectivity index (χ3n) is 4.64. The number of alkyl halides is 3. The van der Waals surface area contributed by atoms with Gasteiger partial charge in [0.1, 0.15) is 17.3 Å². The smallest absolute Gasteiger partial charge is 0.389 e. The van der Waals surface area contributed by atoms with Crippen LogP contribution in [-0.4, -0.2) is 51.5 Å². The van der Waals surface area contributed by atoms with Crippen molar-refractivity contribution in [3.63, 3.8) is 0 Å². The molecule has 27 heavy (non-hydrogen) atoms. The van der Waals surface area contributed by atoms with Crippen molar-refractivity contribution >= 4 is 17.3 Å². The number of para-hydroxylation sites is 1. The van der Waals surface area contributed by atoms with Gasteiger partial charge in [-0.2, -0.15) is 13.2 Å². The van der Waals surface area contributed by atoms with E-state index in [1.54, 1.807) is 36.1 Å². The Kier molecular flexibility index (Phi) is 4.08. The van der Waals surface area contributed by atoms with Gasteiger partial charge in [-0.05, 0) is 30.7 Å². The number of amidine groups is 1. The lowest BCUT2D eigenvalue weighted by atomic mass is 10.1. The van der Waals surface area contributed by atoms with Crippen LogP contribution in [0.25, 0.3) is 0 Å². The van der Waals surface area contributed by atoms with E-state index in [4.69, 9.17) is 0 Å². The number of nitrogens with zero attached hydrogens (tertiary/aromatic N) is 4. The minimum Gasteiger partial charge on any atom is -0.389 e. The average molecular weight is 378 g/mol. The summed E-state index contributed by atoms with van der Waals surface area (Å²) in [5, 5.41) is 20.2. The topological polar surface area (TPSA) is 72.2 Å². The lowest BCUT2D eigenvalue weighted by molar-refractivity contribution is -0.141. The van der Waals surface area contributed by atoms with E-state index in [1.807, 2.05) is 0 Å². The maximum atomic E-state index is 13.2. The van der Waals surface area contributed by atoms with Crippen LogP contribution in [0.2, 0.25) is 0 Å². The number of fused-ring (bicyclic) bond motifs is 1. The lowest BCUT2D eigenvalue weighted by Crippen LogP contribution is -2.55. The van der Waals surface area contributed by atoms with Crippen molar-refractivity contribution in [2.45, 2.75) is 25.6 Å². The van der Waals surface area contributed by atoms with Crippen molar-refractivity contribution < 1.29 is 23.4 Å². The average Bonchev–Trinajstić information content (AvgIpc) is 2.58. The van der Waals surface area contributed by atoms with Crippen LogP contribution in [0, 0.1) is 6.92 Å². The van der Waals surface area contributed by atoms with E-state index in [0.29, 0.717) is 30.2 Å². The number of aliphatic imine (C=N–C) groups is 1. The number of β-amino-alcohol motifs (C(OH)–C–C–N with tert-alkyl or cyclic N) is 1. The molecule has 0 radical (unpaired) electrons. The Hall–Kier alpha value is -2.65. The zero-order valence-electron chi connectivity index (χ0n) is 14.4. The van der Waals surface area contributed by atoms with Crippen molar-refractivity contribution in [1.29, 1.82) is 0 Å². The molecule has 142 valence electrons. The molecule has 0 saturated carbocycles. The molecular weight excluding hydrogens is 361 g/mol. The van der Waals surface area contributed by atoms with Crippen molar-refractivity contribution in [2.24, 2.45) is 4.99 Å². The van der Waals surface area contributed by atoms with Gasteiger partial charge >= 0.3 is 6.18 Å². The highest BCUT2D eigenvalue weighted by Gasteiger charge is 2.39. The molecule has 3 heterocycles. The Morgan fingerprint density at radius 3 is 2.41 bits per heavy atom. The summed E-state index contributed by atoms with van der Waals surface area (Å²) >= 11 is 0. The largest absolute Gasteiger partial charge is 0.433 e. The highest BCUT2D eigenvalue weighted by Crippen LogP contribution is 2.38. The molecule has 1 aromatic carbocycles. The number of pyridine rings is 1. The van der Waals surface area contributed by atoms with Crippen molar-refractivity contribution in [1.82, 2.24) is 9.88 Å². The summed E-state index contributed by atoms with van der Waals surface area (Å²) in [5.74, 6) is 0.312. The van der Waals surface area contributed by atoms with Crippen molar-refractivity contribution in [3.8, 4) is 0 Å². The summed E-state index contributed by atoms with van der Waals surface area (Å²) in [4.78, 5) is 11.1. The lowest BCUT2D eigenvalue weighted by Gasteiger charge is -2.42. The van der Waals surface area contributed by atoms with Gasteiger partial charge in [-0.15, -0.1) is 0 Å². The number of anilines is 2. The first kappa shape index (κ1) is 17.7. The summed E-state index contributed by atoms with van der Waals surface area (Å²) in [7, 11) is 0. The molecule has 0 amide bonds. The predicted molar refractivity (Wildman–Crippen MR) is 92.7 cm³/mol. The summed E-state index contributed by atoms with van der Waals surface area (Å²) in [6.45, 7) is 2.40. The molecule has 9 heteroatoms. The second kappa shape index (κ2) is 6.21.